The zero-order valence-corrected chi connectivity index (χ0v) is 13.2. The summed E-state index contributed by atoms with van der Waals surface area (Å²) in [5.41, 5.74) is 1.47. The van der Waals surface area contributed by atoms with Gasteiger partial charge in [-0.15, -0.1) is 0 Å². The summed E-state index contributed by atoms with van der Waals surface area (Å²) in [6.07, 6.45) is 1.67. The van der Waals surface area contributed by atoms with Crippen molar-refractivity contribution in [3.05, 3.63) is 65.7 Å². The van der Waals surface area contributed by atoms with E-state index < -0.39 is 5.97 Å². The summed E-state index contributed by atoms with van der Waals surface area (Å²) in [7, 11) is 0. The number of carbonyl (C=O) groups excluding carboxylic acids is 2. The van der Waals surface area contributed by atoms with Gasteiger partial charge in [0, 0.05) is 6.42 Å². The molecule has 0 aliphatic heterocycles. The average Bonchev–Trinajstić information content (AvgIpc) is 2.59. The van der Waals surface area contributed by atoms with Gasteiger partial charge in [0.15, 0.2) is 0 Å². The van der Waals surface area contributed by atoms with Crippen LogP contribution in [0, 0.1) is 0 Å². The number of ether oxygens (including phenoxy) is 2. The molecule has 0 N–H and O–H groups in total. The van der Waals surface area contributed by atoms with Crippen molar-refractivity contribution in [2.75, 3.05) is 6.61 Å². The molecule has 4 nitrogen and oxygen atoms in total. The van der Waals surface area contributed by atoms with E-state index in [1.165, 1.54) is 6.07 Å². The maximum absolute atomic E-state index is 11.9. The minimum atomic E-state index is -0.408. The van der Waals surface area contributed by atoms with Crippen molar-refractivity contribution >= 4 is 11.9 Å². The van der Waals surface area contributed by atoms with Crippen molar-refractivity contribution in [3.8, 4) is 5.75 Å². The number of esters is 2. The van der Waals surface area contributed by atoms with E-state index in [0.29, 0.717) is 24.3 Å². The second kappa shape index (κ2) is 8.73. The third-order valence-electron chi connectivity index (χ3n) is 3.20. The molecule has 0 heterocycles. The van der Waals surface area contributed by atoms with E-state index in [0.717, 1.165) is 12.0 Å². The van der Waals surface area contributed by atoms with Crippen LogP contribution in [0.5, 0.6) is 5.75 Å². The molecule has 2 aromatic rings. The molecule has 2 rings (SSSR count). The fraction of sp³-hybridized carbons (Fsp3) is 0.263. The minimum Gasteiger partial charge on any atom is -0.462 e. The van der Waals surface area contributed by atoms with Crippen LogP contribution in [-0.2, 0) is 16.0 Å². The SMILES string of the molecule is CCCOC(=O)c1cccc(OC(=O)CCc2ccccc2)c1. The summed E-state index contributed by atoms with van der Waals surface area (Å²) < 4.78 is 10.3. The highest BCUT2D eigenvalue weighted by molar-refractivity contribution is 5.90. The molecule has 0 aliphatic rings. The van der Waals surface area contributed by atoms with Crippen LogP contribution in [0.1, 0.15) is 35.7 Å². The van der Waals surface area contributed by atoms with Gasteiger partial charge >= 0.3 is 11.9 Å². The van der Waals surface area contributed by atoms with Gasteiger partial charge in [-0.05, 0) is 36.6 Å². The minimum absolute atomic E-state index is 0.286. The summed E-state index contributed by atoms with van der Waals surface area (Å²) >= 11 is 0. The standard InChI is InChI=1S/C19H20O4/c1-2-13-22-19(21)16-9-6-10-17(14-16)23-18(20)12-11-15-7-4-3-5-8-15/h3-10,14H,2,11-13H2,1H3. The lowest BCUT2D eigenvalue weighted by atomic mass is 10.1. The second-order valence-electron chi connectivity index (χ2n) is 5.12. The molecule has 0 atom stereocenters. The second-order valence-corrected chi connectivity index (χ2v) is 5.12. The average molecular weight is 312 g/mol. The van der Waals surface area contributed by atoms with Crippen molar-refractivity contribution in [1.82, 2.24) is 0 Å². The van der Waals surface area contributed by atoms with E-state index in [4.69, 9.17) is 9.47 Å². The van der Waals surface area contributed by atoms with Crippen LogP contribution in [0.2, 0.25) is 0 Å². The molecule has 4 heteroatoms. The first-order valence-electron chi connectivity index (χ1n) is 7.71. The Balaban J connectivity index is 1.89. The maximum atomic E-state index is 11.9. The highest BCUT2D eigenvalue weighted by Gasteiger charge is 2.10. The first kappa shape index (κ1) is 16.7. The van der Waals surface area contributed by atoms with Crippen LogP contribution in [0.4, 0.5) is 0 Å². The maximum Gasteiger partial charge on any atom is 0.338 e. The molecular formula is C19H20O4. The Morgan fingerprint density at radius 3 is 2.52 bits per heavy atom. The Morgan fingerprint density at radius 2 is 1.78 bits per heavy atom. The molecule has 0 unspecified atom stereocenters. The molecule has 0 spiro atoms. The first-order chi connectivity index (χ1) is 11.2. The Kier molecular flexibility index (Phi) is 6.36. The zero-order chi connectivity index (χ0) is 16.5. The molecular weight excluding hydrogens is 292 g/mol. The molecule has 0 aromatic heterocycles. The molecule has 0 saturated heterocycles. The highest BCUT2D eigenvalue weighted by atomic mass is 16.5. The fourth-order valence-corrected chi connectivity index (χ4v) is 2.04. The van der Waals surface area contributed by atoms with Crippen LogP contribution < -0.4 is 4.74 Å². The van der Waals surface area contributed by atoms with Crippen molar-refractivity contribution < 1.29 is 19.1 Å². The van der Waals surface area contributed by atoms with Gasteiger partial charge in [-0.1, -0.05) is 43.3 Å². The molecule has 0 fully saturated rings. The molecule has 0 saturated carbocycles. The van der Waals surface area contributed by atoms with Gasteiger partial charge in [-0.3, -0.25) is 4.79 Å². The summed E-state index contributed by atoms with van der Waals surface area (Å²) in [4.78, 5) is 23.7. The van der Waals surface area contributed by atoms with Crippen molar-refractivity contribution in [2.45, 2.75) is 26.2 Å². The Labute approximate surface area is 136 Å². The van der Waals surface area contributed by atoms with E-state index in [1.807, 2.05) is 37.3 Å². The van der Waals surface area contributed by atoms with Crippen molar-refractivity contribution in [3.63, 3.8) is 0 Å². The fourth-order valence-electron chi connectivity index (χ4n) is 2.04. The van der Waals surface area contributed by atoms with Crippen LogP contribution in [0.25, 0.3) is 0 Å². The van der Waals surface area contributed by atoms with Gasteiger partial charge in [0.1, 0.15) is 5.75 Å². The smallest absolute Gasteiger partial charge is 0.338 e. The van der Waals surface area contributed by atoms with Crippen LogP contribution in [0.15, 0.2) is 54.6 Å². The zero-order valence-electron chi connectivity index (χ0n) is 13.2. The van der Waals surface area contributed by atoms with Gasteiger partial charge in [-0.2, -0.15) is 0 Å². The van der Waals surface area contributed by atoms with E-state index >= 15 is 0 Å². The van der Waals surface area contributed by atoms with E-state index in [9.17, 15) is 9.59 Å². The predicted octanol–water partition coefficient (Wildman–Crippen LogP) is 3.79. The van der Waals surface area contributed by atoms with Gasteiger partial charge < -0.3 is 9.47 Å². The van der Waals surface area contributed by atoms with Crippen LogP contribution in [0.3, 0.4) is 0 Å². The number of hydrogen-bond acceptors (Lipinski definition) is 4. The molecule has 120 valence electrons. The normalized spacial score (nSPS) is 10.1. The predicted molar refractivity (Wildman–Crippen MR) is 87.4 cm³/mol. The number of carbonyl (C=O) groups is 2. The van der Waals surface area contributed by atoms with Crippen molar-refractivity contribution in [1.29, 1.82) is 0 Å². The largest absolute Gasteiger partial charge is 0.462 e. The summed E-state index contributed by atoms with van der Waals surface area (Å²) in [5.74, 6) is -0.379. The van der Waals surface area contributed by atoms with Gasteiger partial charge in [0.25, 0.3) is 0 Å². The van der Waals surface area contributed by atoms with Crippen LogP contribution in [-0.4, -0.2) is 18.5 Å². The quantitative estimate of drug-likeness (QED) is 0.576. The topological polar surface area (TPSA) is 52.6 Å². The number of benzene rings is 2. The highest BCUT2D eigenvalue weighted by Crippen LogP contribution is 2.15. The van der Waals surface area contributed by atoms with Crippen molar-refractivity contribution in [2.24, 2.45) is 0 Å². The molecule has 23 heavy (non-hydrogen) atoms. The monoisotopic (exact) mass is 312 g/mol. The van der Waals surface area contributed by atoms with Crippen LogP contribution >= 0.6 is 0 Å². The third-order valence-corrected chi connectivity index (χ3v) is 3.20. The molecule has 0 amide bonds. The number of rotatable bonds is 7. The summed E-state index contributed by atoms with van der Waals surface area (Å²) in [5, 5.41) is 0. The van der Waals surface area contributed by atoms with Gasteiger partial charge in [0.2, 0.25) is 0 Å². The first-order valence-corrected chi connectivity index (χ1v) is 7.71. The lowest BCUT2D eigenvalue weighted by Gasteiger charge is -2.07. The van der Waals surface area contributed by atoms with E-state index in [1.54, 1.807) is 18.2 Å². The lowest BCUT2D eigenvalue weighted by Crippen LogP contribution is -2.10. The molecule has 0 aliphatic carbocycles. The third kappa shape index (κ3) is 5.58. The Bertz CT molecular complexity index is 649. The Hall–Kier alpha value is -2.62. The van der Waals surface area contributed by atoms with Gasteiger partial charge in [-0.25, -0.2) is 4.79 Å². The number of hydrogen-bond donors (Lipinski definition) is 0. The van der Waals surface area contributed by atoms with E-state index in [2.05, 4.69) is 0 Å². The molecule has 0 radical (unpaired) electrons. The van der Waals surface area contributed by atoms with Gasteiger partial charge in [0.05, 0.1) is 12.2 Å². The summed E-state index contributed by atoms with van der Waals surface area (Å²) in [6.45, 7) is 2.30. The molecule has 2 aromatic carbocycles. The number of aryl methyl sites for hydroxylation is 1. The molecule has 0 bridgehead atoms. The van der Waals surface area contributed by atoms with E-state index in [-0.39, 0.29) is 12.4 Å². The lowest BCUT2D eigenvalue weighted by molar-refractivity contribution is -0.134. The Morgan fingerprint density at radius 1 is 1.00 bits per heavy atom. The summed E-state index contributed by atoms with van der Waals surface area (Å²) in [6, 6.07) is 16.2.